The number of urea groups is 1. The van der Waals surface area contributed by atoms with E-state index in [0.717, 1.165) is 43.0 Å². The monoisotopic (exact) mass is 482 g/mol. The topological polar surface area (TPSA) is 81.8 Å². The Kier molecular flexibility index (Phi) is 8.14. The Hall–Kier alpha value is -2.43. The molecule has 3 rings (SSSR count). The van der Waals surface area contributed by atoms with Crippen molar-refractivity contribution in [3.8, 4) is 0 Å². The highest BCUT2D eigenvalue weighted by Gasteiger charge is 2.34. The number of rotatable bonds is 8. The molecule has 1 unspecified atom stereocenters. The van der Waals surface area contributed by atoms with Crippen LogP contribution in [0.1, 0.15) is 18.4 Å². The van der Waals surface area contributed by atoms with Gasteiger partial charge in [-0.1, -0.05) is 31.0 Å². The molecule has 2 aliphatic heterocycles. The summed E-state index contributed by atoms with van der Waals surface area (Å²) in [5.41, 5.74) is 5.40. The van der Waals surface area contributed by atoms with Gasteiger partial charge in [-0.2, -0.15) is 13.2 Å². The lowest BCUT2D eigenvalue weighted by Crippen LogP contribution is -2.45. The van der Waals surface area contributed by atoms with Crippen LogP contribution >= 0.6 is 11.8 Å². The molecule has 0 aliphatic carbocycles. The summed E-state index contributed by atoms with van der Waals surface area (Å²) in [7, 11) is 0. The van der Waals surface area contributed by atoms with E-state index in [4.69, 9.17) is 5.73 Å². The van der Waals surface area contributed by atoms with Gasteiger partial charge in [-0.3, -0.25) is 0 Å². The van der Waals surface area contributed by atoms with Crippen LogP contribution in [0.4, 0.5) is 23.7 Å². The summed E-state index contributed by atoms with van der Waals surface area (Å²) >= 11 is 1.33. The number of β-amino-alcohol motifs (C(OH)–C–C–N with tert-alkyl or cyclic N) is 1. The van der Waals surface area contributed by atoms with Crippen LogP contribution in [0, 0.1) is 5.92 Å². The van der Waals surface area contributed by atoms with Crippen molar-refractivity contribution in [2.24, 2.45) is 11.7 Å². The lowest BCUT2D eigenvalue weighted by molar-refractivity contribution is -0.137. The number of carbonyl (C=O) groups excluding carboxylic acids is 1. The normalized spacial score (nSPS) is 18.6. The summed E-state index contributed by atoms with van der Waals surface area (Å²) < 4.78 is 40.0. The zero-order valence-corrected chi connectivity index (χ0v) is 19.1. The number of aliphatic hydroxyl groups excluding tert-OH is 1. The molecule has 0 radical (unpaired) electrons. The molecule has 2 amide bonds. The highest BCUT2D eigenvalue weighted by molar-refractivity contribution is 8.03. The summed E-state index contributed by atoms with van der Waals surface area (Å²) in [5.74, 6) is 0.336. The lowest BCUT2D eigenvalue weighted by Gasteiger charge is -2.37. The number of hydrogen-bond acceptors (Lipinski definition) is 5. The van der Waals surface area contributed by atoms with Gasteiger partial charge in [-0.15, -0.1) is 0 Å². The predicted octanol–water partition coefficient (Wildman–Crippen LogP) is 3.94. The number of piperidine rings is 1. The first-order chi connectivity index (χ1) is 15.6. The van der Waals surface area contributed by atoms with Crippen molar-refractivity contribution in [2.75, 3.05) is 37.6 Å². The van der Waals surface area contributed by atoms with Crippen molar-refractivity contribution >= 4 is 23.5 Å². The second-order valence-electron chi connectivity index (χ2n) is 8.19. The van der Waals surface area contributed by atoms with Gasteiger partial charge in [0.2, 0.25) is 0 Å². The minimum atomic E-state index is -4.46. The van der Waals surface area contributed by atoms with Gasteiger partial charge in [0, 0.05) is 22.9 Å². The van der Waals surface area contributed by atoms with E-state index in [1.807, 2.05) is 0 Å². The number of nitrogens with zero attached hydrogens (tertiary/aromatic N) is 2. The molecular formula is C23H29F3N4O2S. The van der Waals surface area contributed by atoms with Crippen molar-refractivity contribution in [2.45, 2.75) is 30.0 Å². The summed E-state index contributed by atoms with van der Waals surface area (Å²) in [4.78, 5) is 16.1. The number of anilines is 1. The number of thioether (sulfide) groups is 1. The Morgan fingerprint density at radius 2 is 1.97 bits per heavy atom. The van der Waals surface area contributed by atoms with Crippen molar-refractivity contribution in [1.82, 2.24) is 10.2 Å². The Morgan fingerprint density at radius 1 is 1.27 bits per heavy atom. The van der Waals surface area contributed by atoms with Gasteiger partial charge in [-0.05, 0) is 56.1 Å². The van der Waals surface area contributed by atoms with Crippen LogP contribution in [0.15, 0.2) is 59.0 Å². The molecule has 0 spiro atoms. The molecule has 180 valence electrons. The number of aliphatic hydroxyl groups is 1. The zero-order valence-electron chi connectivity index (χ0n) is 18.3. The number of primary amides is 1. The number of carbonyl (C=O) groups is 1. The average Bonchev–Trinajstić information content (AvgIpc) is 2.77. The fourth-order valence-electron chi connectivity index (χ4n) is 4.16. The van der Waals surface area contributed by atoms with E-state index in [1.165, 1.54) is 17.8 Å². The summed E-state index contributed by atoms with van der Waals surface area (Å²) in [5, 5.41) is 13.5. The maximum Gasteiger partial charge on any atom is 0.416 e. The molecule has 4 N–H and O–H groups in total. The van der Waals surface area contributed by atoms with E-state index < -0.39 is 23.9 Å². The van der Waals surface area contributed by atoms with Crippen LogP contribution in [0.2, 0.25) is 0 Å². The van der Waals surface area contributed by atoms with Crippen LogP contribution in [-0.2, 0) is 6.18 Å². The highest BCUT2D eigenvalue weighted by Crippen LogP contribution is 2.46. The second kappa shape index (κ2) is 10.7. The van der Waals surface area contributed by atoms with Gasteiger partial charge in [0.15, 0.2) is 0 Å². The predicted molar refractivity (Wildman–Crippen MR) is 125 cm³/mol. The first kappa shape index (κ1) is 25.2. The smallest absolute Gasteiger partial charge is 0.390 e. The summed E-state index contributed by atoms with van der Waals surface area (Å²) in [6.07, 6.45) is -0.303. The van der Waals surface area contributed by atoms with Crippen molar-refractivity contribution in [3.05, 3.63) is 59.7 Å². The van der Waals surface area contributed by atoms with Crippen LogP contribution in [0.5, 0.6) is 0 Å². The molecule has 0 saturated carbocycles. The Morgan fingerprint density at radius 3 is 2.55 bits per heavy atom. The third-order valence-electron chi connectivity index (χ3n) is 5.85. The van der Waals surface area contributed by atoms with E-state index in [-0.39, 0.29) is 6.54 Å². The largest absolute Gasteiger partial charge is 0.416 e. The van der Waals surface area contributed by atoms with E-state index in [1.54, 1.807) is 17.1 Å². The molecule has 1 saturated heterocycles. The second-order valence-corrected chi connectivity index (χ2v) is 9.28. The molecule has 6 nitrogen and oxygen atoms in total. The van der Waals surface area contributed by atoms with Crippen LogP contribution in [0.25, 0.3) is 0 Å². The number of alkyl halides is 3. The number of fused-ring (bicyclic) bond motifs is 1. The third-order valence-corrected chi connectivity index (χ3v) is 7.01. The quantitative estimate of drug-likeness (QED) is 0.523. The Balaban J connectivity index is 1.72. The molecule has 2 aliphatic rings. The molecule has 1 fully saturated rings. The standard InChI is InChI=1S/C23H29F3N4O2S/c1-3-18-20(4-2)33-21-6-5-16(23(24,25)26)11-19(21)30(18)14-17(31)13-29-9-7-15(8-10-29)12-28-22(27)32/h3-6,11,15,17,31H,1-2,7-10,12-14H2,(H3,27,28,32). The van der Waals surface area contributed by atoms with Gasteiger partial charge in [0.25, 0.3) is 0 Å². The number of halogens is 3. The van der Waals surface area contributed by atoms with Gasteiger partial charge in [0.1, 0.15) is 0 Å². The fraction of sp³-hybridized carbons (Fsp3) is 0.435. The molecule has 1 atom stereocenters. The van der Waals surface area contributed by atoms with Crippen molar-refractivity contribution in [1.29, 1.82) is 0 Å². The number of hydrogen-bond donors (Lipinski definition) is 3. The number of amides is 2. The minimum Gasteiger partial charge on any atom is -0.390 e. The van der Waals surface area contributed by atoms with Crippen molar-refractivity contribution in [3.63, 3.8) is 0 Å². The van der Waals surface area contributed by atoms with Crippen LogP contribution < -0.4 is 16.0 Å². The molecule has 0 aromatic heterocycles. The number of nitrogens with one attached hydrogen (secondary N) is 1. The lowest BCUT2D eigenvalue weighted by atomic mass is 9.96. The third kappa shape index (κ3) is 6.33. The van der Waals surface area contributed by atoms with Crippen LogP contribution in [-0.4, -0.2) is 54.9 Å². The number of allylic oxidation sites excluding steroid dienone is 2. The summed E-state index contributed by atoms with van der Waals surface area (Å²) in [6.45, 7) is 10.2. The van der Waals surface area contributed by atoms with E-state index in [0.29, 0.717) is 35.3 Å². The van der Waals surface area contributed by atoms with Gasteiger partial charge >= 0.3 is 12.2 Å². The zero-order chi connectivity index (χ0) is 24.2. The van der Waals surface area contributed by atoms with E-state index in [9.17, 15) is 23.1 Å². The maximum absolute atomic E-state index is 13.3. The highest BCUT2D eigenvalue weighted by atomic mass is 32.2. The van der Waals surface area contributed by atoms with E-state index >= 15 is 0 Å². The fourth-order valence-corrected chi connectivity index (χ4v) is 5.19. The van der Waals surface area contributed by atoms with E-state index in [2.05, 4.69) is 23.4 Å². The Bertz CT molecular complexity index is 927. The molecule has 33 heavy (non-hydrogen) atoms. The van der Waals surface area contributed by atoms with Gasteiger partial charge in [0.05, 0.1) is 29.6 Å². The SMILES string of the molecule is C=CC1=C(C=C)N(CC(O)CN2CCC(CNC(N)=O)CC2)c2cc(C(F)(F)F)ccc2S1. The molecule has 10 heteroatoms. The number of benzene rings is 1. The number of nitrogens with two attached hydrogens (primary N) is 1. The molecule has 2 heterocycles. The molecule has 0 bridgehead atoms. The average molecular weight is 483 g/mol. The maximum atomic E-state index is 13.3. The molecule has 1 aromatic rings. The first-order valence-corrected chi connectivity index (χ1v) is 11.5. The Labute approximate surface area is 196 Å². The molecular weight excluding hydrogens is 453 g/mol. The van der Waals surface area contributed by atoms with Crippen molar-refractivity contribution < 1.29 is 23.1 Å². The minimum absolute atomic E-state index is 0.122. The van der Waals surface area contributed by atoms with Gasteiger partial charge in [-0.25, -0.2) is 4.79 Å². The number of likely N-dealkylation sites (tertiary alicyclic amines) is 1. The molecule has 1 aromatic carbocycles. The summed E-state index contributed by atoms with van der Waals surface area (Å²) in [6, 6.07) is 3.11. The van der Waals surface area contributed by atoms with Gasteiger partial charge < -0.3 is 26.0 Å². The first-order valence-electron chi connectivity index (χ1n) is 10.7. The van der Waals surface area contributed by atoms with Crippen LogP contribution in [0.3, 0.4) is 0 Å².